The van der Waals surface area contributed by atoms with Crippen LogP contribution in [-0.4, -0.2) is 95.0 Å². The predicted octanol–water partition coefficient (Wildman–Crippen LogP) is 2.53. The van der Waals surface area contributed by atoms with E-state index in [0.717, 1.165) is 68.8 Å². The molecule has 2 bridgehead atoms. The summed E-state index contributed by atoms with van der Waals surface area (Å²) < 4.78 is 0. The molecule has 9 nitrogen and oxygen atoms in total. The van der Waals surface area contributed by atoms with Crippen molar-refractivity contribution in [3.05, 3.63) is 54.4 Å². The van der Waals surface area contributed by atoms with Gasteiger partial charge in [-0.15, -0.1) is 10.2 Å². The number of piperazine rings is 1. The van der Waals surface area contributed by atoms with Crippen molar-refractivity contribution < 1.29 is 5.11 Å². The van der Waals surface area contributed by atoms with Crippen molar-refractivity contribution in [2.45, 2.75) is 24.9 Å². The number of pyridine rings is 1. The molecule has 3 N–H and O–H groups in total. The number of rotatable bonds is 4. The van der Waals surface area contributed by atoms with Crippen LogP contribution < -0.4 is 15.5 Å². The summed E-state index contributed by atoms with van der Waals surface area (Å²) in [6, 6.07) is 14.1. The van der Waals surface area contributed by atoms with Crippen LogP contribution in [0.2, 0.25) is 0 Å². The first kappa shape index (κ1) is 25.1. The minimum atomic E-state index is 0.185. The van der Waals surface area contributed by atoms with Crippen LogP contribution in [0.25, 0.3) is 11.3 Å². The second-order valence-corrected chi connectivity index (χ2v) is 11.9. The van der Waals surface area contributed by atoms with Crippen LogP contribution in [-0.2, 0) is 0 Å². The molecule has 0 radical (unpaired) electrons. The lowest BCUT2D eigenvalue weighted by molar-refractivity contribution is 0.301. The third-order valence-electron chi connectivity index (χ3n) is 9.11. The largest absolute Gasteiger partial charge is 0.507 e. The SMILES string of the molecule is CN1C[C@@H]2CN(CC#Cc3cc(N4C5CCC4CN(c4cc(-c6ccccc6O)nnc4N)C5)ccn3)C[C@@H]2C1. The first-order valence-electron chi connectivity index (χ1n) is 14.3. The second kappa shape index (κ2) is 10.3. The average molecular weight is 537 g/mol. The van der Waals surface area contributed by atoms with E-state index in [1.807, 2.05) is 24.4 Å². The predicted molar refractivity (Wildman–Crippen MR) is 157 cm³/mol. The number of nitrogens with two attached hydrogens (primary N) is 1. The maximum atomic E-state index is 10.3. The Labute approximate surface area is 235 Å². The Bertz CT molecular complexity index is 1440. The number of hydrogen-bond donors (Lipinski definition) is 2. The maximum Gasteiger partial charge on any atom is 0.169 e. The summed E-state index contributed by atoms with van der Waals surface area (Å²) in [7, 11) is 2.23. The molecule has 4 atom stereocenters. The molecule has 2 unspecified atom stereocenters. The number of likely N-dealkylation sites (tertiary alicyclic amines) is 2. The molecule has 0 aliphatic carbocycles. The fraction of sp³-hybridized carbons (Fsp3) is 0.452. The van der Waals surface area contributed by atoms with Crippen molar-refractivity contribution in [1.82, 2.24) is 25.0 Å². The van der Waals surface area contributed by atoms with Crippen LogP contribution in [0.3, 0.4) is 0 Å². The Kier molecular flexibility index (Phi) is 6.45. The molecule has 3 aromatic rings. The molecule has 206 valence electrons. The van der Waals surface area contributed by atoms with Crippen molar-refractivity contribution in [1.29, 1.82) is 0 Å². The molecule has 1 aromatic carbocycles. The Morgan fingerprint density at radius 3 is 2.45 bits per heavy atom. The van der Waals surface area contributed by atoms with E-state index in [2.05, 4.69) is 65.8 Å². The van der Waals surface area contributed by atoms with E-state index in [-0.39, 0.29) is 5.75 Å². The normalized spacial score (nSPS) is 26.1. The fourth-order valence-corrected chi connectivity index (χ4v) is 7.33. The van der Waals surface area contributed by atoms with Gasteiger partial charge in [0.05, 0.1) is 17.9 Å². The number of para-hydroxylation sites is 1. The van der Waals surface area contributed by atoms with E-state index in [1.54, 1.807) is 12.1 Å². The van der Waals surface area contributed by atoms with E-state index >= 15 is 0 Å². The van der Waals surface area contributed by atoms with Gasteiger partial charge in [-0.2, -0.15) is 0 Å². The number of phenolic OH excluding ortho intramolecular Hbond substituents is 1. The summed E-state index contributed by atoms with van der Waals surface area (Å²) in [5.74, 6) is 8.95. The number of nitrogens with zero attached hydrogens (tertiary/aromatic N) is 7. The summed E-state index contributed by atoms with van der Waals surface area (Å²) in [5, 5.41) is 18.8. The molecule has 2 aromatic heterocycles. The molecular formula is C31H36N8O. The van der Waals surface area contributed by atoms with Gasteiger partial charge in [0.1, 0.15) is 11.4 Å². The molecule has 4 fully saturated rings. The highest BCUT2D eigenvalue weighted by Gasteiger charge is 2.41. The summed E-state index contributed by atoms with van der Waals surface area (Å²) in [6.45, 7) is 7.28. The van der Waals surface area contributed by atoms with Crippen LogP contribution in [0.1, 0.15) is 18.5 Å². The van der Waals surface area contributed by atoms with Gasteiger partial charge in [0.2, 0.25) is 0 Å². The zero-order chi connectivity index (χ0) is 27.2. The first-order valence-corrected chi connectivity index (χ1v) is 14.3. The summed E-state index contributed by atoms with van der Waals surface area (Å²) >= 11 is 0. The van der Waals surface area contributed by atoms with Gasteiger partial charge in [0, 0.05) is 68.8 Å². The number of benzene rings is 1. The molecule has 40 heavy (non-hydrogen) atoms. The lowest BCUT2D eigenvalue weighted by Gasteiger charge is -2.43. The van der Waals surface area contributed by atoms with E-state index in [1.165, 1.54) is 18.8 Å². The van der Waals surface area contributed by atoms with Crippen molar-refractivity contribution in [2.24, 2.45) is 11.8 Å². The van der Waals surface area contributed by atoms with Gasteiger partial charge in [0.15, 0.2) is 5.82 Å². The number of aromatic nitrogens is 3. The molecule has 4 saturated heterocycles. The van der Waals surface area contributed by atoms with Crippen molar-refractivity contribution >= 4 is 17.2 Å². The lowest BCUT2D eigenvalue weighted by Crippen LogP contribution is -2.54. The number of nitrogen functional groups attached to an aromatic ring is 1. The standard InChI is InChI=1S/C31H36N8O/c1-36-15-21-17-37(18-22(21)16-36)12-4-5-23-13-24(10-11-33-23)39-25-8-9-26(39)20-38(19-25)29-14-28(34-35-31(29)32)27-6-2-3-7-30(27)40/h2-3,6-7,10-11,13-14,21-22,25-26,40H,8-9,12,15-20H2,1H3,(H2,32,35)/t21-,22+,25?,26?. The lowest BCUT2D eigenvalue weighted by atomic mass is 10.0. The summed E-state index contributed by atoms with van der Waals surface area (Å²) in [6.07, 6.45) is 4.15. The van der Waals surface area contributed by atoms with Crippen LogP contribution in [0.4, 0.5) is 17.2 Å². The number of hydrogen-bond acceptors (Lipinski definition) is 9. The van der Waals surface area contributed by atoms with Crippen molar-refractivity contribution in [3.63, 3.8) is 0 Å². The number of phenols is 1. The molecule has 0 spiro atoms. The number of fused-ring (bicyclic) bond motifs is 3. The molecule has 4 aliphatic heterocycles. The van der Waals surface area contributed by atoms with Gasteiger partial charge in [-0.05, 0) is 68.0 Å². The van der Waals surface area contributed by atoms with Gasteiger partial charge in [0.25, 0.3) is 0 Å². The zero-order valence-electron chi connectivity index (χ0n) is 22.9. The van der Waals surface area contributed by atoms with Crippen LogP contribution in [0.5, 0.6) is 5.75 Å². The van der Waals surface area contributed by atoms with E-state index in [9.17, 15) is 5.11 Å². The quantitative estimate of drug-likeness (QED) is 0.488. The minimum Gasteiger partial charge on any atom is -0.507 e. The summed E-state index contributed by atoms with van der Waals surface area (Å²) in [5.41, 5.74) is 10.5. The van der Waals surface area contributed by atoms with Crippen molar-refractivity contribution in [3.8, 4) is 28.8 Å². The minimum absolute atomic E-state index is 0.185. The Hall–Kier alpha value is -3.87. The Morgan fingerprint density at radius 1 is 0.950 bits per heavy atom. The van der Waals surface area contributed by atoms with Gasteiger partial charge < -0.3 is 25.5 Å². The Morgan fingerprint density at radius 2 is 1.70 bits per heavy atom. The third-order valence-corrected chi connectivity index (χ3v) is 9.11. The summed E-state index contributed by atoms with van der Waals surface area (Å²) in [4.78, 5) is 14.4. The monoisotopic (exact) mass is 536 g/mol. The molecule has 7 rings (SSSR count). The zero-order valence-corrected chi connectivity index (χ0v) is 22.9. The van der Waals surface area contributed by atoms with Gasteiger partial charge >= 0.3 is 0 Å². The van der Waals surface area contributed by atoms with Crippen LogP contribution in [0, 0.1) is 23.7 Å². The Balaban J connectivity index is 1.04. The number of anilines is 3. The third kappa shape index (κ3) is 4.72. The molecule has 0 saturated carbocycles. The molecule has 0 amide bonds. The topological polar surface area (TPSA) is 97.9 Å². The van der Waals surface area contributed by atoms with Crippen LogP contribution >= 0.6 is 0 Å². The fourth-order valence-electron chi connectivity index (χ4n) is 7.33. The molecular weight excluding hydrogens is 500 g/mol. The van der Waals surface area contributed by atoms with E-state index in [0.29, 0.717) is 29.2 Å². The highest BCUT2D eigenvalue weighted by Crippen LogP contribution is 2.39. The number of aromatic hydroxyl groups is 1. The van der Waals surface area contributed by atoms with Gasteiger partial charge in [-0.3, -0.25) is 4.90 Å². The smallest absolute Gasteiger partial charge is 0.169 e. The van der Waals surface area contributed by atoms with Gasteiger partial charge in [-0.1, -0.05) is 18.1 Å². The highest BCUT2D eigenvalue weighted by molar-refractivity contribution is 5.74. The van der Waals surface area contributed by atoms with Gasteiger partial charge in [-0.25, -0.2) is 4.98 Å². The maximum absolute atomic E-state index is 10.3. The van der Waals surface area contributed by atoms with E-state index < -0.39 is 0 Å². The molecule has 9 heteroatoms. The van der Waals surface area contributed by atoms with E-state index in [4.69, 9.17) is 5.73 Å². The highest BCUT2D eigenvalue weighted by atomic mass is 16.3. The first-order chi connectivity index (χ1) is 19.5. The molecule has 6 heterocycles. The second-order valence-electron chi connectivity index (χ2n) is 11.9. The van der Waals surface area contributed by atoms with Crippen LogP contribution in [0.15, 0.2) is 48.7 Å². The van der Waals surface area contributed by atoms with Crippen molar-refractivity contribution in [2.75, 3.05) is 68.4 Å². The molecule has 4 aliphatic rings. The average Bonchev–Trinajstić information content (AvgIpc) is 3.57.